The smallest absolute Gasteiger partial charge is 0.244 e. The number of aliphatic hydroxyl groups is 1. The molecule has 23 heavy (non-hydrogen) atoms. The molecule has 3 N–H and O–H groups in total. The summed E-state index contributed by atoms with van der Waals surface area (Å²) in [5.41, 5.74) is 1.47. The molecule has 5 nitrogen and oxygen atoms in total. The Morgan fingerprint density at radius 1 is 1.26 bits per heavy atom. The average molecular weight is 313 g/mol. The molecule has 2 aromatic carbocycles. The molecule has 0 spiro atoms. The molecule has 1 amide bonds. The van der Waals surface area contributed by atoms with Gasteiger partial charge in [-0.2, -0.15) is 0 Å². The second-order valence-corrected chi connectivity index (χ2v) is 4.96. The number of aromatic hydroxyl groups is 1. The number of methoxy groups -OCH3 is 1. The van der Waals surface area contributed by atoms with Gasteiger partial charge in [-0.05, 0) is 41.5 Å². The van der Waals surface area contributed by atoms with Crippen molar-refractivity contribution in [3.05, 3.63) is 65.7 Å². The van der Waals surface area contributed by atoms with Gasteiger partial charge in [0, 0.05) is 12.6 Å². The van der Waals surface area contributed by atoms with E-state index >= 15 is 0 Å². The number of aliphatic hydroxyl groups excluding tert-OH is 1. The fraction of sp³-hybridized carbons (Fsp3) is 0.167. The van der Waals surface area contributed by atoms with Gasteiger partial charge in [0.25, 0.3) is 0 Å². The fourth-order valence-electron chi connectivity index (χ4n) is 1.99. The normalized spacial score (nSPS) is 12.1. The average Bonchev–Trinajstić information content (AvgIpc) is 2.58. The van der Waals surface area contributed by atoms with E-state index in [2.05, 4.69) is 5.32 Å². The van der Waals surface area contributed by atoms with Crippen molar-refractivity contribution in [2.75, 3.05) is 13.7 Å². The first-order valence-electron chi connectivity index (χ1n) is 7.15. The Labute approximate surface area is 134 Å². The predicted molar refractivity (Wildman–Crippen MR) is 88.1 cm³/mol. The maximum absolute atomic E-state index is 11.8. The standard InChI is InChI=1S/C18H19NO4/c1-23-16-4-2-3-13(11-16)5-10-18(22)19-12-17(21)14-6-8-15(20)9-7-14/h2-11,17,20-21H,12H2,1H3,(H,19,22)/b10-5+/t17-/m0/s1. The summed E-state index contributed by atoms with van der Waals surface area (Å²) in [6.07, 6.45) is 2.24. The second-order valence-electron chi connectivity index (χ2n) is 4.96. The number of phenolic OH excluding ortho intramolecular Hbond substituents is 1. The molecule has 0 aliphatic heterocycles. The summed E-state index contributed by atoms with van der Waals surface area (Å²) in [4.78, 5) is 11.8. The highest BCUT2D eigenvalue weighted by Gasteiger charge is 2.08. The molecular weight excluding hydrogens is 294 g/mol. The summed E-state index contributed by atoms with van der Waals surface area (Å²) in [7, 11) is 1.58. The van der Waals surface area contributed by atoms with Crippen LogP contribution in [0.5, 0.6) is 11.5 Å². The number of hydrogen-bond acceptors (Lipinski definition) is 4. The van der Waals surface area contributed by atoms with Crippen molar-refractivity contribution in [3.63, 3.8) is 0 Å². The third-order valence-corrected chi connectivity index (χ3v) is 3.27. The van der Waals surface area contributed by atoms with E-state index < -0.39 is 6.10 Å². The molecule has 120 valence electrons. The van der Waals surface area contributed by atoms with Crippen LogP contribution >= 0.6 is 0 Å². The maximum Gasteiger partial charge on any atom is 0.244 e. The number of rotatable bonds is 6. The molecule has 0 heterocycles. The summed E-state index contributed by atoms with van der Waals surface area (Å²) in [5.74, 6) is 0.548. The first kappa shape index (κ1) is 16.6. The Morgan fingerprint density at radius 3 is 2.70 bits per heavy atom. The Morgan fingerprint density at radius 2 is 2.00 bits per heavy atom. The molecule has 0 bridgehead atoms. The van der Waals surface area contributed by atoms with Crippen molar-refractivity contribution >= 4 is 12.0 Å². The lowest BCUT2D eigenvalue weighted by molar-refractivity contribution is -0.116. The molecule has 0 radical (unpaired) electrons. The zero-order chi connectivity index (χ0) is 16.7. The van der Waals surface area contributed by atoms with E-state index in [1.165, 1.54) is 18.2 Å². The van der Waals surface area contributed by atoms with Crippen molar-refractivity contribution in [1.29, 1.82) is 0 Å². The monoisotopic (exact) mass is 313 g/mol. The summed E-state index contributed by atoms with van der Waals surface area (Å²) in [6, 6.07) is 13.5. The topological polar surface area (TPSA) is 78.8 Å². The van der Waals surface area contributed by atoms with Crippen molar-refractivity contribution in [3.8, 4) is 11.5 Å². The van der Waals surface area contributed by atoms with Crippen LogP contribution in [0, 0.1) is 0 Å². The van der Waals surface area contributed by atoms with Crippen LogP contribution in [0.1, 0.15) is 17.2 Å². The number of phenols is 1. The van der Waals surface area contributed by atoms with Crippen LogP contribution in [0.3, 0.4) is 0 Å². The Kier molecular flexibility index (Phi) is 5.77. The number of nitrogens with one attached hydrogen (secondary N) is 1. The second kappa shape index (κ2) is 8.00. The molecule has 2 aromatic rings. The Hall–Kier alpha value is -2.79. The molecule has 0 fully saturated rings. The van der Waals surface area contributed by atoms with E-state index in [4.69, 9.17) is 4.74 Å². The lowest BCUT2D eigenvalue weighted by Crippen LogP contribution is -2.26. The Bertz CT molecular complexity index is 680. The van der Waals surface area contributed by atoms with Crippen molar-refractivity contribution < 1.29 is 19.7 Å². The van der Waals surface area contributed by atoms with Gasteiger partial charge in [-0.25, -0.2) is 0 Å². The fourth-order valence-corrected chi connectivity index (χ4v) is 1.99. The zero-order valence-electron chi connectivity index (χ0n) is 12.8. The summed E-state index contributed by atoms with van der Waals surface area (Å²) in [5, 5.41) is 21.8. The lowest BCUT2D eigenvalue weighted by atomic mass is 10.1. The van der Waals surface area contributed by atoms with Crippen LogP contribution < -0.4 is 10.1 Å². The van der Waals surface area contributed by atoms with Crippen molar-refractivity contribution in [2.24, 2.45) is 0 Å². The van der Waals surface area contributed by atoms with Crippen molar-refractivity contribution in [2.45, 2.75) is 6.10 Å². The van der Waals surface area contributed by atoms with E-state index in [1.54, 1.807) is 25.3 Å². The molecule has 0 aromatic heterocycles. The van der Waals surface area contributed by atoms with Gasteiger partial charge in [-0.15, -0.1) is 0 Å². The number of carbonyl (C=O) groups is 1. The summed E-state index contributed by atoms with van der Waals surface area (Å²) in [6.45, 7) is 0.0893. The SMILES string of the molecule is COc1cccc(/C=C/C(=O)NC[C@H](O)c2ccc(O)cc2)c1. The molecule has 0 unspecified atom stereocenters. The molecule has 0 saturated carbocycles. The van der Waals surface area contributed by atoms with Gasteiger partial charge in [0.15, 0.2) is 0 Å². The minimum absolute atomic E-state index is 0.0893. The summed E-state index contributed by atoms with van der Waals surface area (Å²) < 4.78 is 5.11. The van der Waals surface area contributed by atoms with Crippen LogP contribution in [0.25, 0.3) is 6.08 Å². The van der Waals surface area contributed by atoms with Gasteiger partial charge in [0.05, 0.1) is 13.2 Å². The van der Waals surface area contributed by atoms with Crippen molar-refractivity contribution in [1.82, 2.24) is 5.32 Å². The molecule has 0 aliphatic rings. The number of carbonyl (C=O) groups excluding carboxylic acids is 1. The quantitative estimate of drug-likeness (QED) is 0.715. The van der Waals surface area contributed by atoms with Crippen LogP contribution in [0.2, 0.25) is 0 Å². The van der Waals surface area contributed by atoms with E-state index in [0.29, 0.717) is 5.56 Å². The minimum atomic E-state index is -0.829. The number of benzene rings is 2. The minimum Gasteiger partial charge on any atom is -0.508 e. The molecule has 0 saturated heterocycles. The zero-order valence-corrected chi connectivity index (χ0v) is 12.8. The van der Waals surface area contributed by atoms with E-state index in [1.807, 2.05) is 24.3 Å². The predicted octanol–water partition coefficient (Wildman–Crippen LogP) is 2.26. The van der Waals surface area contributed by atoms with Gasteiger partial charge >= 0.3 is 0 Å². The largest absolute Gasteiger partial charge is 0.508 e. The Balaban J connectivity index is 1.86. The lowest BCUT2D eigenvalue weighted by Gasteiger charge is -2.11. The van der Waals surface area contributed by atoms with Crippen LogP contribution in [0.4, 0.5) is 0 Å². The maximum atomic E-state index is 11.8. The highest BCUT2D eigenvalue weighted by atomic mass is 16.5. The number of amides is 1. The summed E-state index contributed by atoms with van der Waals surface area (Å²) >= 11 is 0. The van der Waals surface area contributed by atoms with Gasteiger partial charge in [0.1, 0.15) is 11.5 Å². The van der Waals surface area contributed by atoms with Gasteiger partial charge in [0.2, 0.25) is 5.91 Å². The first-order chi connectivity index (χ1) is 11.1. The highest BCUT2D eigenvalue weighted by molar-refractivity contribution is 5.91. The van der Waals surface area contributed by atoms with Crippen LogP contribution in [0.15, 0.2) is 54.6 Å². The third kappa shape index (κ3) is 5.16. The molecule has 1 atom stereocenters. The van der Waals surface area contributed by atoms with Gasteiger partial charge in [-0.3, -0.25) is 4.79 Å². The molecule has 2 rings (SSSR count). The number of hydrogen-bond donors (Lipinski definition) is 3. The van der Waals surface area contributed by atoms with E-state index in [0.717, 1.165) is 11.3 Å². The van der Waals surface area contributed by atoms with E-state index in [-0.39, 0.29) is 18.2 Å². The first-order valence-corrected chi connectivity index (χ1v) is 7.15. The molecule has 5 heteroatoms. The van der Waals surface area contributed by atoms with Gasteiger partial charge in [-0.1, -0.05) is 24.3 Å². The van der Waals surface area contributed by atoms with Crippen LogP contribution in [-0.4, -0.2) is 29.8 Å². The van der Waals surface area contributed by atoms with Gasteiger partial charge < -0.3 is 20.3 Å². The van der Waals surface area contributed by atoms with E-state index in [9.17, 15) is 15.0 Å². The molecular formula is C18H19NO4. The number of ether oxygens (including phenoxy) is 1. The van der Waals surface area contributed by atoms with Crippen LogP contribution in [-0.2, 0) is 4.79 Å². The molecule has 0 aliphatic carbocycles. The highest BCUT2D eigenvalue weighted by Crippen LogP contribution is 2.16. The third-order valence-electron chi connectivity index (χ3n) is 3.27.